The molecule has 0 spiro atoms. The van der Waals surface area contributed by atoms with E-state index >= 15 is 0 Å². The molecule has 1 heterocycles. The van der Waals surface area contributed by atoms with E-state index in [0.717, 1.165) is 43.4 Å². The lowest BCUT2D eigenvalue weighted by atomic mass is 9.98. The Bertz CT molecular complexity index is 434. The minimum absolute atomic E-state index is 0.539. The second kappa shape index (κ2) is 8.08. The Morgan fingerprint density at radius 2 is 1.95 bits per heavy atom. The van der Waals surface area contributed by atoms with Crippen molar-refractivity contribution in [3.05, 3.63) is 27.7 Å². The summed E-state index contributed by atoms with van der Waals surface area (Å²) < 4.78 is 5.62. The van der Waals surface area contributed by atoms with Crippen LogP contribution in [0.3, 0.4) is 0 Å². The van der Waals surface area contributed by atoms with Crippen LogP contribution in [0, 0.1) is 5.92 Å². The summed E-state index contributed by atoms with van der Waals surface area (Å²) >= 11 is 12.1. The molecule has 3 nitrogen and oxygen atoms in total. The van der Waals surface area contributed by atoms with Crippen LogP contribution in [0.15, 0.2) is 12.1 Å². The van der Waals surface area contributed by atoms with E-state index in [4.69, 9.17) is 27.9 Å². The van der Waals surface area contributed by atoms with Gasteiger partial charge in [-0.15, -0.1) is 0 Å². The Hall–Kier alpha value is -0.480. The minimum atomic E-state index is 0.539. The van der Waals surface area contributed by atoms with Gasteiger partial charge in [0.15, 0.2) is 0 Å². The first-order valence-electron chi connectivity index (χ1n) is 7.23. The van der Waals surface area contributed by atoms with E-state index in [0.29, 0.717) is 16.7 Å². The predicted molar refractivity (Wildman–Crippen MR) is 84.9 cm³/mol. The Balaban J connectivity index is 1.91. The van der Waals surface area contributed by atoms with Gasteiger partial charge in [0.05, 0.1) is 16.7 Å². The van der Waals surface area contributed by atoms with Crippen LogP contribution < -0.4 is 15.4 Å². The van der Waals surface area contributed by atoms with Crippen LogP contribution >= 0.6 is 23.2 Å². The molecule has 20 heavy (non-hydrogen) atoms. The van der Waals surface area contributed by atoms with E-state index in [-0.39, 0.29) is 0 Å². The van der Waals surface area contributed by atoms with E-state index < -0.39 is 0 Å². The number of rotatable bonds is 6. The highest BCUT2D eigenvalue weighted by Crippen LogP contribution is 2.30. The highest BCUT2D eigenvalue weighted by atomic mass is 35.5. The highest BCUT2D eigenvalue weighted by molar-refractivity contribution is 6.42. The molecule has 2 rings (SSSR count). The molecule has 0 radical (unpaired) electrons. The first-order valence-corrected chi connectivity index (χ1v) is 7.98. The van der Waals surface area contributed by atoms with Crippen LogP contribution in [0.4, 0.5) is 0 Å². The number of hydrogen-bond acceptors (Lipinski definition) is 3. The summed E-state index contributed by atoms with van der Waals surface area (Å²) in [5, 5.41) is 8.01. The summed E-state index contributed by atoms with van der Waals surface area (Å²) in [5.74, 6) is 1.58. The average molecular weight is 317 g/mol. The van der Waals surface area contributed by atoms with E-state index in [2.05, 4.69) is 10.6 Å². The van der Waals surface area contributed by atoms with Crippen LogP contribution in [0.2, 0.25) is 10.0 Å². The lowest BCUT2D eigenvalue weighted by Crippen LogP contribution is -2.33. The van der Waals surface area contributed by atoms with Gasteiger partial charge in [-0.2, -0.15) is 0 Å². The van der Waals surface area contributed by atoms with Crippen LogP contribution in [0.1, 0.15) is 25.3 Å². The zero-order valence-corrected chi connectivity index (χ0v) is 13.4. The fraction of sp³-hybridized carbons (Fsp3) is 0.600. The fourth-order valence-electron chi connectivity index (χ4n) is 2.49. The number of hydrogen-bond donors (Lipinski definition) is 2. The molecule has 112 valence electrons. The molecule has 0 aromatic heterocycles. The smallest absolute Gasteiger partial charge is 0.125 e. The van der Waals surface area contributed by atoms with Crippen molar-refractivity contribution in [1.29, 1.82) is 0 Å². The van der Waals surface area contributed by atoms with Gasteiger partial charge in [-0.25, -0.2) is 0 Å². The third kappa shape index (κ3) is 4.52. The molecule has 5 heteroatoms. The molecule has 1 aliphatic heterocycles. The molecule has 0 atom stereocenters. The van der Waals surface area contributed by atoms with Gasteiger partial charge in [0.25, 0.3) is 0 Å². The van der Waals surface area contributed by atoms with Gasteiger partial charge >= 0.3 is 0 Å². The van der Waals surface area contributed by atoms with E-state index in [1.807, 2.05) is 13.0 Å². The minimum Gasteiger partial charge on any atom is -0.493 e. The van der Waals surface area contributed by atoms with Gasteiger partial charge in [0, 0.05) is 18.2 Å². The van der Waals surface area contributed by atoms with E-state index in [1.165, 1.54) is 12.8 Å². The average Bonchev–Trinajstić information content (AvgIpc) is 2.45. The van der Waals surface area contributed by atoms with Gasteiger partial charge in [0.2, 0.25) is 0 Å². The second-order valence-electron chi connectivity index (χ2n) is 5.13. The van der Waals surface area contributed by atoms with Crippen LogP contribution in [0.25, 0.3) is 0 Å². The van der Waals surface area contributed by atoms with Crippen molar-refractivity contribution in [2.75, 3.05) is 26.2 Å². The molecule has 1 aromatic carbocycles. The van der Waals surface area contributed by atoms with Crippen molar-refractivity contribution in [1.82, 2.24) is 10.6 Å². The summed E-state index contributed by atoms with van der Waals surface area (Å²) in [6.45, 7) is 6.64. The van der Waals surface area contributed by atoms with Gasteiger partial charge in [-0.05, 0) is 51.4 Å². The largest absolute Gasteiger partial charge is 0.493 e. The number of nitrogens with one attached hydrogen (secondary N) is 2. The number of benzene rings is 1. The molecule has 2 N–H and O–H groups in total. The van der Waals surface area contributed by atoms with E-state index in [1.54, 1.807) is 6.07 Å². The number of ether oxygens (including phenoxy) is 1. The number of piperidine rings is 1. The zero-order valence-electron chi connectivity index (χ0n) is 11.8. The predicted octanol–water partition coefficient (Wildman–Crippen LogP) is 3.48. The van der Waals surface area contributed by atoms with Crippen LogP contribution in [-0.2, 0) is 6.54 Å². The molecule has 0 aliphatic carbocycles. The Morgan fingerprint density at radius 3 is 2.65 bits per heavy atom. The Labute approximate surface area is 131 Å². The van der Waals surface area contributed by atoms with Crippen LogP contribution in [-0.4, -0.2) is 26.2 Å². The molecule has 1 saturated heterocycles. The molecule has 0 bridgehead atoms. The second-order valence-corrected chi connectivity index (χ2v) is 5.95. The van der Waals surface area contributed by atoms with Gasteiger partial charge in [-0.1, -0.05) is 23.2 Å². The maximum atomic E-state index is 6.09. The standard InChI is InChI=1S/C15H22Cl2N2O/c1-2-20-15-8-14(17)13(16)7-12(15)10-19-9-11-3-5-18-6-4-11/h7-8,11,18-19H,2-6,9-10H2,1H3. The molecule has 0 saturated carbocycles. The van der Waals surface area contributed by atoms with Crippen molar-refractivity contribution < 1.29 is 4.74 Å². The summed E-state index contributed by atoms with van der Waals surface area (Å²) in [7, 11) is 0. The first-order chi connectivity index (χ1) is 9.70. The van der Waals surface area contributed by atoms with Gasteiger partial charge in [0.1, 0.15) is 5.75 Å². The topological polar surface area (TPSA) is 33.3 Å². The molecule has 1 fully saturated rings. The van der Waals surface area contributed by atoms with Crippen LogP contribution in [0.5, 0.6) is 5.75 Å². The number of halogens is 2. The molecule has 0 amide bonds. The molecule has 1 aliphatic rings. The van der Waals surface area contributed by atoms with Crippen molar-refractivity contribution >= 4 is 23.2 Å². The Kier molecular flexibility index (Phi) is 6.43. The van der Waals surface area contributed by atoms with Crippen molar-refractivity contribution in [3.8, 4) is 5.75 Å². The Morgan fingerprint density at radius 1 is 1.25 bits per heavy atom. The third-order valence-corrected chi connectivity index (χ3v) is 4.33. The van der Waals surface area contributed by atoms with Gasteiger partial charge < -0.3 is 15.4 Å². The maximum absolute atomic E-state index is 6.09. The third-order valence-electron chi connectivity index (χ3n) is 3.61. The monoisotopic (exact) mass is 316 g/mol. The first kappa shape index (κ1) is 15.9. The van der Waals surface area contributed by atoms with Crippen molar-refractivity contribution in [2.45, 2.75) is 26.3 Å². The normalized spacial score (nSPS) is 16.4. The summed E-state index contributed by atoms with van der Waals surface area (Å²) in [6, 6.07) is 3.69. The molecular formula is C15H22Cl2N2O. The summed E-state index contributed by atoms with van der Waals surface area (Å²) in [4.78, 5) is 0. The van der Waals surface area contributed by atoms with Gasteiger partial charge in [-0.3, -0.25) is 0 Å². The highest BCUT2D eigenvalue weighted by Gasteiger charge is 2.13. The lowest BCUT2D eigenvalue weighted by molar-refractivity contribution is 0.331. The molecule has 0 unspecified atom stereocenters. The molecular weight excluding hydrogens is 295 g/mol. The summed E-state index contributed by atoms with van der Waals surface area (Å²) in [5.41, 5.74) is 1.06. The summed E-state index contributed by atoms with van der Waals surface area (Å²) in [6.07, 6.45) is 2.49. The van der Waals surface area contributed by atoms with Crippen molar-refractivity contribution in [2.24, 2.45) is 5.92 Å². The quantitative estimate of drug-likeness (QED) is 0.843. The van der Waals surface area contributed by atoms with Crippen molar-refractivity contribution in [3.63, 3.8) is 0 Å². The molecule has 1 aromatic rings. The fourth-order valence-corrected chi connectivity index (χ4v) is 2.83. The zero-order chi connectivity index (χ0) is 14.4. The lowest BCUT2D eigenvalue weighted by Gasteiger charge is -2.23. The maximum Gasteiger partial charge on any atom is 0.125 e. The van der Waals surface area contributed by atoms with E-state index in [9.17, 15) is 0 Å². The SMILES string of the molecule is CCOc1cc(Cl)c(Cl)cc1CNCC1CCNCC1.